The zero-order valence-electron chi connectivity index (χ0n) is 8.86. The summed E-state index contributed by atoms with van der Waals surface area (Å²) in [4.78, 5) is 11.2. The molecule has 1 aromatic carbocycles. The number of benzene rings is 1. The lowest BCUT2D eigenvalue weighted by Gasteiger charge is -2.26. The van der Waals surface area contributed by atoms with Crippen LogP contribution in [-0.4, -0.2) is 17.3 Å². The summed E-state index contributed by atoms with van der Waals surface area (Å²) >= 11 is 0. The molecule has 1 aliphatic rings. The fourth-order valence-corrected chi connectivity index (χ4v) is 1.57. The first-order valence-corrected chi connectivity index (χ1v) is 4.89. The summed E-state index contributed by atoms with van der Waals surface area (Å²) in [6, 6.07) is 7.38. The number of allylic oxidation sites excluding steroid dienone is 1. The number of alkyl halides is 3. The van der Waals surface area contributed by atoms with E-state index in [2.05, 4.69) is 10.1 Å². The highest BCUT2D eigenvalue weighted by Crippen LogP contribution is 2.37. The summed E-state index contributed by atoms with van der Waals surface area (Å²) in [5.41, 5.74) is -2.15. The number of carboxylic acid groups (broad SMARTS) is 1. The Kier molecular flexibility index (Phi) is 2.68. The van der Waals surface area contributed by atoms with Crippen molar-refractivity contribution in [3.63, 3.8) is 0 Å². The summed E-state index contributed by atoms with van der Waals surface area (Å²) in [7, 11) is 0. The van der Waals surface area contributed by atoms with E-state index < -0.39 is 23.6 Å². The van der Waals surface area contributed by atoms with E-state index in [0.29, 0.717) is 6.20 Å². The lowest BCUT2D eigenvalue weighted by atomic mass is 10.0. The first-order chi connectivity index (χ1) is 8.36. The number of aliphatic carboxylic acids is 1. The third-order valence-electron chi connectivity index (χ3n) is 2.43. The predicted molar refractivity (Wildman–Crippen MR) is 54.1 cm³/mol. The zero-order valence-corrected chi connectivity index (χ0v) is 8.86. The number of carbonyl (C=O) groups is 1. The van der Waals surface area contributed by atoms with Gasteiger partial charge in [0, 0.05) is 11.8 Å². The fourth-order valence-electron chi connectivity index (χ4n) is 1.57. The van der Waals surface area contributed by atoms with Crippen LogP contribution in [-0.2, 0) is 15.3 Å². The molecule has 0 aromatic heterocycles. The number of hydrogen-bond acceptors (Lipinski definition) is 3. The molecule has 0 aliphatic carbocycles. The maximum Gasteiger partial charge on any atom is 0.450 e. The van der Waals surface area contributed by atoms with Crippen LogP contribution in [0.4, 0.5) is 13.2 Å². The van der Waals surface area contributed by atoms with Crippen LogP contribution in [0.2, 0.25) is 0 Å². The second kappa shape index (κ2) is 3.94. The van der Waals surface area contributed by atoms with Crippen LogP contribution in [0.3, 0.4) is 0 Å². The minimum Gasteiger partial charge on any atom is -0.477 e. The highest BCUT2D eigenvalue weighted by Gasteiger charge is 2.52. The second-order valence-electron chi connectivity index (χ2n) is 3.61. The number of rotatable bonds is 2. The second-order valence-corrected chi connectivity index (χ2v) is 3.61. The van der Waals surface area contributed by atoms with Gasteiger partial charge in [-0.15, -0.1) is 0 Å². The van der Waals surface area contributed by atoms with Gasteiger partial charge < -0.3 is 15.2 Å². The van der Waals surface area contributed by atoms with Crippen molar-refractivity contribution in [2.24, 2.45) is 0 Å². The highest BCUT2D eigenvalue weighted by atomic mass is 19.4. The van der Waals surface area contributed by atoms with Crippen molar-refractivity contribution in [1.82, 2.24) is 5.32 Å². The van der Waals surface area contributed by atoms with Crippen molar-refractivity contribution < 1.29 is 27.8 Å². The molecule has 1 heterocycles. The van der Waals surface area contributed by atoms with E-state index in [9.17, 15) is 18.0 Å². The van der Waals surface area contributed by atoms with Crippen LogP contribution in [0.25, 0.3) is 0 Å². The van der Waals surface area contributed by atoms with Gasteiger partial charge in [-0.2, -0.15) is 13.2 Å². The molecule has 0 fully saturated rings. The van der Waals surface area contributed by atoms with Gasteiger partial charge in [-0.1, -0.05) is 30.3 Å². The first kappa shape index (κ1) is 12.3. The molecule has 7 heteroatoms. The van der Waals surface area contributed by atoms with Gasteiger partial charge in [0.2, 0.25) is 5.76 Å². The summed E-state index contributed by atoms with van der Waals surface area (Å²) in [6.45, 7) is 0. The molecule has 0 bridgehead atoms. The molecule has 2 rings (SSSR count). The molecule has 4 nitrogen and oxygen atoms in total. The smallest absolute Gasteiger partial charge is 0.450 e. The van der Waals surface area contributed by atoms with Crippen molar-refractivity contribution in [2.45, 2.75) is 11.9 Å². The molecule has 1 aliphatic heterocycles. The van der Waals surface area contributed by atoms with Gasteiger partial charge in [-0.05, 0) is 0 Å². The summed E-state index contributed by atoms with van der Waals surface area (Å²) in [5.74, 6) is -2.92. The van der Waals surface area contributed by atoms with E-state index >= 15 is 0 Å². The molecule has 1 atom stereocenters. The SMILES string of the molecule is O=C(O)C1(c2ccccc2)NC=C(C(F)(F)F)O1. The Hall–Kier alpha value is -2.18. The normalized spacial score (nSPS) is 22.9. The molecule has 0 amide bonds. The first-order valence-electron chi connectivity index (χ1n) is 4.89. The van der Waals surface area contributed by atoms with Gasteiger partial charge >= 0.3 is 17.9 Å². The Morgan fingerprint density at radius 1 is 1.28 bits per heavy atom. The Labute approximate surface area is 99.7 Å². The Balaban J connectivity index is 2.38. The molecule has 18 heavy (non-hydrogen) atoms. The van der Waals surface area contributed by atoms with Crippen LogP contribution in [0.15, 0.2) is 42.3 Å². The van der Waals surface area contributed by atoms with Gasteiger partial charge in [0.15, 0.2) is 0 Å². The number of ether oxygens (including phenoxy) is 1. The van der Waals surface area contributed by atoms with Crippen LogP contribution >= 0.6 is 0 Å². The highest BCUT2D eigenvalue weighted by molar-refractivity contribution is 5.80. The van der Waals surface area contributed by atoms with Crippen LogP contribution < -0.4 is 5.32 Å². The third kappa shape index (κ3) is 1.87. The molecular formula is C11H8F3NO3. The molecule has 2 N–H and O–H groups in total. The van der Waals surface area contributed by atoms with Crippen molar-refractivity contribution in [3.05, 3.63) is 47.9 Å². The summed E-state index contributed by atoms with van der Waals surface area (Å²) in [5, 5.41) is 11.3. The molecule has 0 spiro atoms. The van der Waals surface area contributed by atoms with Crippen LogP contribution in [0, 0.1) is 0 Å². The largest absolute Gasteiger partial charge is 0.477 e. The van der Waals surface area contributed by atoms with Gasteiger partial charge in [-0.25, -0.2) is 4.79 Å². The Bertz CT molecular complexity index is 498. The van der Waals surface area contributed by atoms with Crippen molar-refractivity contribution >= 4 is 5.97 Å². The molecule has 0 radical (unpaired) electrons. The van der Waals surface area contributed by atoms with E-state index in [0.717, 1.165) is 0 Å². The van der Waals surface area contributed by atoms with Gasteiger partial charge in [0.05, 0.1) is 0 Å². The van der Waals surface area contributed by atoms with Crippen molar-refractivity contribution in [3.8, 4) is 0 Å². The maximum absolute atomic E-state index is 12.5. The number of carboxylic acids is 1. The monoisotopic (exact) mass is 259 g/mol. The maximum atomic E-state index is 12.5. The lowest BCUT2D eigenvalue weighted by molar-refractivity contribution is -0.179. The van der Waals surface area contributed by atoms with Crippen LogP contribution in [0.1, 0.15) is 5.56 Å². The standard InChI is InChI=1S/C11H8F3NO3/c12-11(13,14)8-6-15-10(18-8,9(16)17)7-4-2-1-3-5-7/h1-6,15H,(H,16,17). The summed E-state index contributed by atoms with van der Waals surface area (Å²) in [6.07, 6.45) is -4.22. The molecule has 1 aromatic rings. The van der Waals surface area contributed by atoms with E-state index in [1.54, 1.807) is 6.07 Å². The number of hydrogen-bond donors (Lipinski definition) is 2. The zero-order chi connectivity index (χ0) is 13.4. The average Bonchev–Trinajstić information content (AvgIpc) is 2.76. The van der Waals surface area contributed by atoms with Crippen molar-refractivity contribution in [2.75, 3.05) is 0 Å². The van der Waals surface area contributed by atoms with Crippen molar-refractivity contribution in [1.29, 1.82) is 0 Å². The summed E-state index contributed by atoms with van der Waals surface area (Å²) < 4.78 is 42.0. The lowest BCUT2D eigenvalue weighted by Crippen LogP contribution is -2.45. The quantitative estimate of drug-likeness (QED) is 0.852. The molecule has 0 saturated heterocycles. The minimum absolute atomic E-state index is 0.0769. The Morgan fingerprint density at radius 3 is 2.33 bits per heavy atom. The number of nitrogens with one attached hydrogen (secondary N) is 1. The predicted octanol–water partition coefficient (Wildman–Crippen LogP) is 1.95. The molecular weight excluding hydrogens is 251 g/mol. The molecule has 96 valence electrons. The number of halogens is 3. The topological polar surface area (TPSA) is 58.6 Å². The van der Waals surface area contributed by atoms with E-state index in [1.807, 2.05) is 0 Å². The van der Waals surface area contributed by atoms with Gasteiger partial charge in [-0.3, -0.25) is 0 Å². The van der Waals surface area contributed by atoms with E-state index in [-0.39, 0.29) is 5.56 Å². The van der Waals surface area contributed by atoms with Crippen LogP contribution in [0.5, 0.6) is 0 Å². The van der Waals surface area contributed by atoms with E-state index in [1.165, 1.54) is 24.3 Å². The van der Waals surface area contributed by atoms with E-state index in [4.69, 9.17) is 5.11 Å². The minimum atomic E-state index is -4.74. The average molecular weight is 259 g/mol. The van der Waals surface area contributed by atoms with Gasteiger partial charge in [0.1, 0.15) is 0 Å². The molecule has 1 unspecified atom stereocenters. The fraction of sp³-hybridized carbons (Fsp3) is 0.182. The molecule has 0 saturated carbocycles. The third-order valence-corrected chi connectivity index (χ3v) is 2.43. The Morgan fingerprint density at radius 2 is 1.89 bits per heavy atom. The van der Waals surface area contributed by atoms with Gasteiger partial charge in [0.25, 0.3) is 0 Å².